The van der Waals surface area contributed by atoms with E-state index in [0.29, 0.717) is 23.0 Å². The van der Waals surface area contributed by atoms with Crippen LogP contribution in [0, 0.1) is 0 Å². The first-order valence-electron chi connectivity index (χ1n) is 5.32. The number of benzene rings is 1. The Morgan fingerprint density at radius 3 is 2.65 bits per heavy atom. The molecule has 17 heavy (non-hydrogen) atoms. The van der Waals surface area contributed by atoms with E-state index in [-0.39, 0.29) is 0 Å². The molecule has 0 fully saturated rings. The molecule has 1 aromatic rings. The molecule has 0 aliphatic rings. The fraction of sp³-hybridized carbons (Fsp3) is 0.417. The number of carboxylic acid groups (broad SMARTS) is 1. The van der Waals surface area contributed by atoms with Crippen molar-refractivity contribution in [2.45, 2.75) is 32.4 Å². The largest absolute Gasteiger partial charge is 0.480 e. The van der Waals surface area contributed by atoms with E-state index in [2.05, 4.69) is 5.32 Å². The molecule has 1 atom stereocenters. The van der Waals surface area contributed by atoms with E-state index in [1.807, 2.05) is 13.0 Å². The molecule has 1 rings (SSSR count). The van der Waals surface area contributed by atoms with E-state index in [4.69, 9.17) is 28.3 Å². The molecule has 0 aliphatic heterocycles. The van der Waals surface area contributed by atoms with Crippen LogP contribution in [0.1, 0.15) is 25.8 Å². The van der Waals surface area contributed by atoms with Crippen LogP contribution in [-0.2, 0) is 11.3 Å². The average molecular weight is 276 g/mol. The molecule has 0 heterocycles. The second kappa shape index (κ2) is 5.71. The maximum atomic E-state index is 11.1. The smallest absolute Gasteiger partial charge is 0.323 e. The van der Waals surface area contributed by atoms with Crippen LogP contribution in [0.15, 0.2) is 18.2 Å². The van der Waals surface area contributed by atoms with Gasteiger partial charge in [-0.3, -0.25) is 10.1 Å². The number of halogens is 2. The molecule has 0 spiro atoms. The summed E-state index contributed by atoms with van der Waals surface area (Å²) < 4.78 is 0. The standard InChI is InChI=1S/C12H15Cl2NO2/c1-3-12(2,11(16)17)15-7-8-5-4-6-9(13)10(8)14/h4-6,15H,3,7H2,1-2H3,(H,16,17). The molecule has 1 aromatic carbocycles. The van der Waals surface area contributed by atoms with Crippen LogP contribution in [0.3, 0.4) is 0 Å². The Hall–Kier alpha value is -0.770. The molecule has 94 valence electrons. The number of carboxylic acids is 1. The van der Waals surface area contributed by atoms with E-state index in [1.54, 1.807) is 19.1 Å². The molecular formula is C12H15Cl2NO2. The topological polar surface area (TPSA) is 49.3 Å². The summed E-state index contributed by atoms with van der Waals surface area (Å²) in [4.78, 5) is 11.1. The van der Waals surface area contributed by atoms with Gasteiger partial charge in [0.15, 0.2) is 0 Å². The third kappa shape index (κ3) is 3.35. The van der Waals surface area contributed by atoms with Gasteiger partial charge in [-0.25, -0.2) is 0 Å². The molecule has 3 nitrogen and oxygen atoms in total. The Labute approximate surface area is 111 Å². The van der Waals surface area contributed by atoms with Crippen LogP contribution >= 0.6 is 23.2 Å². The highest BCUT2D eigenvalue weighted by Gasteiger charge is 2.30. The first kappa shape index (κ1) is 14.3. The van der Waals surface area contributed by atoms with Crippen LogP contribution in [0.25, 0.3) is 0 Å². The van der Waals surface area contributed by atoms with Gasteiger partial charge in [-0.2, -0.15) is 0 Å². The van der Waals surface area contributed by atoms with Crippen molar-refractivity contribution in [2.75, 3.05) is 0 Å². The van der Waals surface area contributed by atoms with Gasteiger partial charge < -0.3 is 5.11 Å². The van der Waals surface area contributed by atoms with E-state index in [1.165, 1.54) is 0 Å². The molecular weight excluding hydrogens is 261 g/mol. The van der Waals surface area contributed by atoms with E-state index < -0.39 is 11.5 Å². The quantitative estimate of drug-likeness (QED) is 0.867. The van der Waals surface area contributed by atoms with Crippen molar-refractivity contribution >= 4 is 29.2 Å². The second-order valence-electron chi connectivity index (χ2n) is 4.06. The number of aliphatic carboxylic acids is 1. The molecule has 0 saturated heterocycles. The predicted molar refractivity (Wildman–Crippen MR) is 69.6 cm³/mol. The first-order valence-corrected chi connectivity index (χ1v) is 6.07. The van der Waals surface area contributed by atoms with Crippen molar-refractivity contribution in [3.8, 4) is 0 Å². The Morgan fingerprint density at radius 2 is 2.12 bits per heavy atom. The van der Waals surface area contributed by atoms with E-state index in [0.717, 1.165) is 5.56 Å². The highest BCUT2D eigenvalue weighted by molar-refractivity contribution is 6.42. The van der Waals surface area contributed by atoms with E-state index in [9.17, 15) is 4.79 Å². The molecule has 0 saturated carbocycles. The van der Waals surface area contributed by atoms with Crippen molar-refractivity contribution in [2.24, 2.45) is 0 Å². The van der Waals surface area contributed by atoms with Gasteiger partial charge in [-0.15, -0.1) is 0 Å². The fourth-order valence-corrected chi connectivity index (χ4v) is 1.71. The summed E-state index contributed by atoms with van der Waals surface area (Å²) >= 11 is 11.9. The van der Waals surface area contributed by atoms with Crippen LogP contribution in [0.2, 0.25) is 10.0 Å². The first-order chi connectivity index (χ1) is 7.90. The summed E-state index contributed by atoms with van der Waals surface area (Å²) in [5.74, 6) is -0.877. The van der Waals surface area contributed by atoms with Crippen molar-refractivity contribution in [1.82, 2.24) is 5.32 Å². The molecule has 0 aliphatic carbocycles. The average Bonchev–Trinajstić information content (AvgIpc) is 2.30. The van der Waals surface area contributed by atoms with Crippen molar-refractivity contribution in [1.29, 1.82) is 0 Å². The third-order valence-electron chi connectivity index (χ3n) is 2.88. The summed E-state index contributed by atoms with van der Waals surface area (Å²) in [5.41, 5.74) is -0.161. The lowest BCUT2D eigenvalue weighted by Gasteiger charge is -2.25. The Kier molecular flexibility index (Phi) is 4.80. The highest BCUT2D eigenvalue weighted by Crippen LogP contribution is 2.26. The number of carbonyl (C=O) groups is 1. The second-order valence-corrected chi connectivity index (χ2v) is 4.84. The number of hydrogen-bond acceptors (Lipinski definition) is 2. The highest BCUT2D eigenvalue weighted by atomic mass is 35.5. The summed E-state index contributed by atoms with van der Waals surface area (Å²) in [6.07, 6.45) is 0.487. The lowest BCUT2D eigenvalue weighted by molar-refractivity contribution is -0.144. The molecule has 0 bridgehead atoms. The zero-order valence-electron chi connectivity index (χ0n) is 9.76. The molecule has 5 heteroatoms. The summed E-state index contributed by atoms with van der Waals surface area (Å²) in [6.45, 7) is 3.84. The summed E-state index contributed by atoms with van der Waals surface area (Å²) in [5, 5.41) is 13.0. The Bertz CT molecular complexity index is 423. The van der Waals surface area contributed by atoms with Crippen LogP contribution in [0.5, 0.6) is 0 Å². The molecule has 0 aromatic heterocycles. The van der Waals surface area contributed by atoms with Crippen molar-refractivity contribution in [3.63, 3.8) is 0 Å². The Morgan fingerprint density at radius 1 is 1.47 bits per heavy atom. The zero-order chi connectivity index (χ0) is 13.1. The van der Waals surface area contributed by atoms with Crippen LogP contribution in [0.4, 0.5) is 0 Å². The van der Waals surface area contributed by atoms with Gasteiger partial charge in [0.25, 0.3) is 0 Å². The SMILES string of the molecule is CCC(C)(NCc1cccc(Cl)c1Cl)C(=O)O. The third-order valence-corrected chi connectivity index (χ3v) is 3.74. The predicted octanol–water partition coefficient (Wildman–Crippen LogP) is 3.34. The summed E-state index contributed by atoms with van der Waals surface area (Å²) in [7, 11) is 0. The minimum Gasteiger partial charge on any atom is -0.480 e. The van der Waals surface area contributed by atoms with Gasteiger partial charge in [0.05, 0.1) is 10.0 Å². The zero-order valence-corrected chi connectivity index (χ0v) is 11.3. The van der Waals surface area contributed by atoms with Gasteiger partial charge in [0.2, 0.25) is 0 Å². The van der Waals surface area contributed by atoms with Gasteiger partial charge >= 0.3 is 5.97 Å². The lowest BCUT2D eigenvalue weighted by Crippen LogP contribution is -2.48. The summed E-state index contributed by atoms with van der Waals surface area (Å²) in [6, 6.07) is 5.30. The van der Waals surface area contributed by atoms with Crippen LogP contribution in [-0.4, -0.2) is 16.6 Å². The monoisotopic (exact) mass is 275 g/mol. The minimum absolute atomic E-state index is 0.371. The van der Waals surface area contributed by atoms with Crippen molar-refractivity contribution in [3.05, 3.63) is 33.8 Å². The van der Waals surface area contributed by atoms with E-state index >= 15 is 0 Å². The molecule has 0 amide bonds. The van der Waals surface area contributed by atoms with Gasteiger partial charge in [0, 0.05) is 6.54 Å². The molecule has 1 unspecified atom stereocenters. The van der Waals surface area contributed by atoms with Crippen LogP contribution < -0.4 is 5.32 Å². The van der Waals surface area contributed by atoms with Gasteiger partial charge in [-0.05, 0) is 25.0 Å². The maximum absolute atomic E-state index is 11.1. The number of rotatable bonds is 5. The molecule has 2 N–H and O–H groups in total. The Balaban J connectivity index is 2.80. The molecule has 0 radical (unpaired) electrons. The van der Waals surface area contributed by atoms with Gasteiger partial charge in [-0.1, -0.05) is 42.3 Å². The maximum Gasteiger partial charge on any atom is 0.323 e. The van der Waals surface area contributed by atoms with Gasteiger partial charge in [0.1, 0.15) is 5.54 Å². The lowest BCUT2D eigenvalue weighted by atomic mass is 9.99. The number of hydrogen-bond donors (Lipinski definition) is 2. The minimum atomic E-state index is -0.953. The van der Waals surface area contributed by atoms with Crippen molar-refractivity contribution < 1.29 is 9.90 Å². The number of nitrogens with one attached hydrogen (secondary N) is 1. The fourth-order valence-electron chi connectivity index (χ4n) is 1.33. The normalized spacial score (nSPS) is 14.4.